The molecular weight excluding hydrogens is 214 g/mol. The second kappa shape index (κ2) is 4.80. The summed E-state index contributed by atoms with van der Waals surface area (Å²) in [5.74, 6) is 1.13. The Morgan fingerprint density at radius 2 is 2.06 bits per heavy atom. The number of hydrogen-bond acceptors (Lipinski definition) is 4. The first kappa shape index (κ1) is 11.3. The van der Waals surface area contributed by atoms with E-state index < -0.39 is 0 Å². The summed E-state index contributed by atoms with van der Waals surface area (Å²) < 4.78 is 5.51. The van der Waals surface area contributed by atoms with Gasteiger partial charge in [0.05, 0.1) is 12.8 Å². The Kier molecular flexibility index (Phi) is 3.18. The fourth-order valence-electron chi connectivity index (χ4n) is 2.59. The van der Waals surface area contributed by atoms with Crippen LogP contribution in [0.5, 0.6) is 0 Å². The third-order valence-corrected chi connectivity index (χ3v) is 4.02. The van der Waals surface area contributed by atoms with Crippen molar-refractivity contribution in [1.82, 2.24) is 15.1 Å². The zero-order valence-corrected chi connectivity index (χ0v) is 10.5. The van der Waals surface area contributed by atoms with Crippen LogP contribution in [0.25, 0.3) is 0 Å². The highest BCUT2D eigenvalue weighted by atomic mass is 16.3. The van der Waals surface area contributed by atoms with Crippen LogP contribution in [0.4, 0.5) is 0 Å². The van der Waals surface area contributed by atoms with Crippen LogP contribution in [0.2, 0.25) is 0 Å². The summed E-state index contributed by atoms with van der Waals surface area (Å²) in [5, 5.41) is 3.34. The van der Waals surface area contributed by atoms with Crippen molar-refractivity contribution in [2.45, 2.75) is 19.5 Å². The minimum Gasteiger partial charge on any atom is -0.468 e. The molecule has 2 fully saturated rings. The molecule has 0 saturated carbocycles. The number of piperazine rings is 1. The van der Waals surface area contributed by atoms with Crippen LogP contribution in [-0.2, 0) is 6.54 Å². The summed E-state index contributed by atoms with van der Waals surface area (Å²) in [6, 6.07) is 2.84. The summed E-state index contributed by atoms with van der Waals surface area (Å²) in [6.45, 7) is 10.2. The number of hydrogen-bond donors (Lipinski definition) is 1. The highest BCUT2D eigenvalue weighted by Gasteiger charge is 2.27. The minimum absolute atomic E-state index is 0.794. The van der Waals surface area contributed by atoms with Gasteiger partial charge < -0.3 is 9.73 Å². The number of rotatable bonds is 3. The predicted molar refractivity (Wildman–Crippen MR) is 67.0 cm³/mol. The van der Waals surface area contributed by atoms with Gasteiger partial charge >= 0.3 is 0 Å². The number of nitrogens with zero attached hydrogens (tertiary/aromatic N) is 2. The average molecular weight is 235 g/mol. The number of nitrogens with one attached hydrogen (secondary N) is 1. The summed E-state index contributed by atoms with van der Waals surface area (Å²) in [6.07, 6.45) is 1.79. The molecule has 4 nitrogen and oxygen atoms in total. The molecule has 2 aliphatic rings. The fraction of sp³-hybridized carbons (Fsp3) is 0.692. The molecule has 3 rings (SSSR count). The van der Waals surface area contributed by atoms with E-state index in [1.165, 1.54) is 31.7 Å². The molecule has 0 aromatic carbocycles. The van der Waals surface area contributed by atoms with Gasteiger partial charge in [-0.15, -0.1) is 0 Å². The van der Waals surface area contributed by atoms with Gasteiger partial charge in [-0.3, -0.25) is 9.80 Å². The normalized spacial score (nSPS) is 23.8. The minimum atomic E-state index is 0.794. The van der Waals surface area contributed by atoms with Gasteiger partial charge in [-0.1, -0.05) is 0 Å². The zero-order valence-electron chi connectivity index (χ0n) is 10.5. The molecule has 0 spiro atoms. The molecule has 0 amide bonds. The summed E-state index contributed by atoms with van der Waals surface area (Å²) in [4.78, 5) is 5.11. The number of aryl methyl sites for hydroxylation is 1. The van der Waals surface area contributed by atoms with E-state index >= 15 is 0 Å². The van der Waals surface area contributed by atoms with Gasteiger partial charge in [-0.2, -0.15) is 0 Å². The van der Waals surface area contributed by atoms with Crippen molar-refractivity contribution in [1.29, 1.82) is 0 Å². The van der Waals surface area contributed by atoms with E-state index in [-0.39, 0.29) is 0 Å². The maximum atomic E-state index is 5.51. The predicted octanol–water partition coefficient (Wildman–Crippen LogP) is 0.677. The standard InChI is InChI=1S/C13H21N3O/c1-11-2-7-17-13(11)10-15-3-5-16(6-4-15)12-8-14-9-12/h2,7,12,14H,3-6,8-10H2,1H3. The van der Waals surface area contributed by atoms with Gasteiger partial charge in [0, 0.05) is 45.3 Å². The quantitative estimate of drug-likeness (QED) is 0.835. The van der Waals surface area contributed by atoms with E-state index in [0.717, 1.165) is 31.4 Å². The molecule has 1 N–H and O–H groups in total. The van der Waals surface area contributed by atoms with Crippen molar-refractivity contribution >= 4 is 0 Å². The van der Waals surface area contributed by atoms with Crippen LogP contribution < -0.4 is 5.32 Å². The van der Waals surface area contributed by atoms with Crippen LogP contribution in [-0.4, -0.2) is 55.1 Å². The largest absolute Gasteiger partial charge is 0.468 e. The van der Waals surface area contributed by atoms with Gasteiger partial charge in [0.1, 0.15) is 5.76 Å². The average Bonchev–Trinajstić information content (AvgIpc) is 2.65. The smallest absolute Gasteiger partial charge is 0.120 e. The first-order valence-electron chi connectivity index (χ1n) is 6.53. The van der Waals surface area contributed by atoms with Gasteiger partial charge in [0.25, 0.3) is 0 Å². The topological polar surface area (TPSA) is 31.7 Å². The molecule has 17 heavy (non-hydrogen) atoms. The van der Waals surface area contributed by atoms with Crippen molar-refractivity contribution in [3.05, 3.63) is 23.7 Å². The molecule has 0 radical (unpaired) electrons. The van der Waals surface area contributed by atoms with Crippen LogP contribution in [0, 0.1) is 6.92 Å². The Morgan fingerprint density at radius 3 is 2.59 bits per heavy atom. The fourth-order valence-corrected chi connectivity index (χ4v) is 2.59. The Bertz CT molecular complexity index is 364. The molecule has 4 heteroatoms. The maximum Gasteiger partial charge on any atom is 0.120 e. The van der Waals surface area contributed by atoms with Crippen LogP contribution in [0.3, 0.4) is 0 Å². The SMILES string of the molecule is Cc1ccoc1CN1CCN(C2CNC2)CC1. The van der Waals surface area contributed by atoms with E-state index in [1.54, 1.807) is 6.26 Å². The van der Waals surface area contributed by atoms with E-state index in [9.17, 15) is 0 Å². The summed E-state index contributed by atoms with van der Waals surface area (Å²) >= 11 is 0. The summed E-state index contributed by atoms with van der Waals surface area (Å²) in [7, 11) is 0. The third kappa shape index (κ3) is 2.39. The van der Waals surface area contributed by atoms with Gasteiger partial charge in [0.2, 0.25) is 0 Å². The van der Waals surface area contributed by atoms with Crippen molar-refractivity contribution in [3.8, 4) is 0 Å². The molecule has 0 bridgehead atoms. The molecule has 3 heterocycles. The summed E-state index contributed by atoms with van der Waals surface area (Å²) in [5.41, 5.74) is 1.27. The molecule has 1 aromatic rings. The molecule has 94 valence electrons. The molecule has 0 unspecified atom stereocenters. The van der Waals surface area contributed by atoms with Gasteiger partial charge in [0.15, 0.2) is 0 Å². The molecule has 1 aromatic heterocycles. The Labute approximate surface area is 103 Å². The molecule has 2 saturated heterocycles. The first-order chi connectivity index (χ1) is 8.33. The van der Waals surface area contributed by atoms with E-state index in [1.807, 2.05) is 6.07 Å². The van der Waals surface area contributed by atoms with Crippen LogP contribution in [0.1, 0.15) is 11.3 Å². The van der Waals surface area contributed by atoms with E-state index in [4.69, 9.17) is 4.42 Å². The monoisotopic (exact) mass is 235 g/mol. The highest BCUT2D eigenvalue weighted by Crippen LogP contribution is 2.15. The second-order valence-corrected chi connectivity index (χ2v) is 5.15. The molecular formula is C13H21N3O. The third-order valence-electron chi connectivity index (χ3n) is 4.02. The first-order valence-corrected chi connectivity index (χ1v) is 6.53. The van der Waals surface area contributed by atoms with E-state index in [2.05, 4.69) is 22.0 Å². The Morgan fingerprint density at radius 1 is 1.29 bits per heavy atom. The molecule has 0 atom stereocenters. The Hall–Kier alpha value is -0.840. The van der Waals surface area contributed by atoms with Crippen molar-refractivity contribution in [2.24, 2.45) is 0 Å². The lowest BCUT2D eigenvalue weighted by atomic mass is 10.1. The van der Waals surface area contributed by atoms with Gasteiger partial charge in [-0.05, 0) is 18.6 Å². The molecule has 0 aliphatic carbocycles. The lowest BCUT2D eigenvalue weighted by Gasteiger charge is -2.43. The van der Waals surface area contributed by atoms with E-state index in [0.29, 0.717) is 0 Å². The zero-order chi connectivity index (χ0) is 11.7. The van der Waals surface area contributed by atoms with Gasteiger partial charge in [-0.25, -0.2) is 0 Å². The lowest BCUT2D eigenvalue weighted by molar-refractivity contribution is 0.0664. The van der Waals surface area contributed by atoms with Crippen molar-refractivity contribution in [2.75, 3.05) is 39.3 Å². The second-order valence-electron chi connectivity index (χ2n) is 5.15. The number of furan rings is 1. The lowest BCUT2D eigenvalue weighted by Crippen LogP contribution is -2.61. The highest BCUT2D eigenvalue weighted by molar-refractivity contribution is 5.14. The van der Waals surface area contributed by atoms with Crippen LogP contribution >= 0.6 is 0 Å². The molecule has 2 aliphatic heterocycles. The van der Waals surface area contributed by atoms with Crippen LogP contribution in [0.15, 0.2) is 16.7 Å². The van der Waals surface area contributed by atoms with Crippen molar-refractivity contribution < 1.29 is 4.42 Å². The Balaban J connectivity index is 1.49. The van der Waals surface area contributed by atoms with Crippen molar-refractivity contribution in [3.63, 3.8) is 0 Å². The maximum absolute atomic E-state index is 5.51.